The second-order valence-corrected chi connectivity index (χ2v) is 5.44. The first-order chi connectivity index (χ1) is 8.68. The van der Waals surface area contributed by atoms with Crippen molar-refractivity contribution < 1.29 is 4.79 Å². The summed E-state index contributed by atoms with van der Waals surface area (Å²) in [5, 5.41) is 0. The van der Waals surface area contributed by atoms with Crippen LogP contribution in [0.25, 0.3) is 0 Å². The van der Waals surface area contributed by atoms with Gasteiger partial charge >= 0.3 is 0 Å². The summed E-state index contributed by atoms with van der Waals surface area (Å²) in [5.41, 5.74) is 1.30. The van der Waals surface area contributed by atoms with Gasteiger partial charge in [0.2, 0.25) is 0 Å². The predicted molar refractivity (Wildman–Crippen MR) is 72.2 cm³/mol. The SMILES string of the molecule is CC(=O)[C@@H]1[C@H]2C=C[C@H](C2)N1[C@H](C)c1ccccc1. The van der Waals surface area contributed by atoms with E-state index in [2.05, 4.69) is 48.2 Å². The molecular formula is C16H19NO. The minimum atomic E-state index is 0.0789. The van der Waals surface area contributed by atoms with Gasteiger partial charge in [-0.25, -0.2) is 0 Å². The van der Waals surface area contributed by atoms with E-state index in [1.807, 2.05) is 6.07 Å². The van der Waals surface area contributed by atoms with Gasteiger partial charge in [0.25, 0.3) is 0 Å². The molecule has 2 aliphatic rings. The van der Waals surface area contributed by atoms with Gasteiger partial charge in [0.15, 0.2) is 0 Å². The Bertz CT molecular complexity index is 479. The van der Waals surface area contributed by atoms with Crippen LogP contribution in [-0.2, 0) is 4.79 Å². The molecule has 1 aromatic carbocycles. The fourth-order valence-electron chi connectivity index (χ4n) is 3.53. The molecule has 1 saturated heterocycles. The molecule has 1 heterocycles. The Balaban J connectivity index is 1.91. The summed E-state index contributed by atoms with van der Waals surface area (Å²) < 4.78 is 0. The van der Waals surface area contributed by atoms with Gasteiger partial charge in [0.1, 0.15) is 5.78 Å². The minimum Gasteiger partial charge on any atom is -0.298 e. The van der Waals surface area contributed by atoms with Crippen molar-refractivity contribution in [2.45, 2.75) is 38.4 Å². The number of fused-ring (bicyclic) bond motifs is 2. The van der Waals surface area contributed by atoms with Crippen molar-refractivity contribution in [1.29, 1.82) is 0 Å². The molecule has 0 N–H and O–H groups in total. The second-order valence-electron chi connectivity index (χ2n) is 5.44. The number of carbonyl (C=O) groups excluding carboxylic acids is 1. The quantitative estimate of drug-likeness (QED) is 0.758. The number of hydrogen-bond acceptors (Lipinski definition) is 2. The lowest BCUT2D eigenvalue weighted by atomic mass is 9.96. The number of nitrogens with zero attached hydrogens (tertiary/aromatic N) is 1. The highest BCUT2D eigenvalue weighted by atomic mass is 16.1. The number of rotatable bonds is 3. The molecule has 0 aromatic heterocycles. The number of Topliss-reactive ketones (excluding diaryl/α,β-unsaturated/α-hetero) is 1. The maximum atomic E-state index is 11.9. The van der Waals surface area contributed by atoms with Crippen LogP contribution in [0.2, 0.25) is 0 Å². The van der Waals surface area contributed by atoms with Crippen molar-refractivity contribution in [1.82, 2.24) is 4.90 Å². The summed E-state index contributed by atoms with van der Waals surface area (Å²) in [6.07, 6.45) is 5.61. The van der Waals surface area contributed by atoms with E-state index in [0.29, 0.717) is 23.8 Å². The van der Waals surface area contributed by atoms with Crippen LogP contribution in [0.1, 0.15) is 31.9 Å². The second kappa shape index (κ2) is 4.36. The maximum Gasteiger partial charge on any atom is 0.147 e. The average Bonchev–Trinajstić information content (AvgIpc) is 2.99. The smallest absolute Gasteiger partial charge is 0.147 e. The summed E-state index contributed by atoms with van der Waals surface area (Å²) in [6.45, 7) is 3.93. The molecule has 1 fully saturated rings. The standard InChI is InChI=1S/C16H19NO/c1-11(13-6-4-3-5-7-13)17-15-9-8-14(10-15)16(17)12(2)18/h3-9,11,14-16H,10H2,1-2H3/t11-,14+,15-,16-/m1/s1. The molecule has 0 spiro atoms. The van der Waals surface area contributed by atoms with Gasteiger partial charge < -0.3 is 0 Å². The first-order valence-electron chi connectivity index (χ1n) is 6.69. The van der Waals surface area contributed by atoms with Gasteiger partial charge in [-0.3, -0.25) is 9.69 Å². The van der Waals surface area contributed by atoms with Gasteiger partial charge in [0.05, 0.1) is 6.04 Å². The third-order valence-corrected chi connectivity index (χ3v) is 4.35. The first-order valence-corrected chi connectivity index (χ1v) is 6.69. The molecule has 1 aliphatic carbocycles. The van der Waals surface area contributed by atoms with Gasteiger partial charge in [-0.2, -0.15) is 0 Å². The van der Waals surface area contributed by atoms with Gasteiger partial charge in [-0.1, -0.05) is 42.5 Å². The zero-order valence-corrected chi connectivity index (χ0v) is 10.9. The van der Waals surface area contributed by atoms with Crippen LogP contribution in [0, 0.1) is 5.92 Å². The lowest BCUT2D eigenvalue weighted by Crippen LogP contribution is -2.44. The first kappa shape index (κ1) is 11.7. The molecule has 0 unspecified atom stereocenters. The van der Waals surface area contributed by atoms with E-state index >= 15 is 0 Å². The molecule has 0 amide bonds. The maximum absolute atomic E-state index is 11.9. The van der Waals surface area contributed by atoms with E-state index < -0.39 is 0 Å². The molecule has 3 rings (SSSR count). The van der Waals surface area contributed by atoms with E-state index in [4.69, 9.17) is 0 Å². The average molecular weight is 241 g/mol. The summed E-state index contributed by atoms with van der Waals surface area (Å²) >= 11 is 0. The Hall–Kier alpha value is -1.41. The van der Waals surface area contributed by atoms with Crippen molar-refractivity contribution in [3.05, 3.63) is 48.0 Å². The van der Waals surface area contributed by atoms with E-state index in [1.165, 1.54) is 5.56 Å². The topological polar surface area (TPSA) is 20.3 Å². The summed E-state index contributed by atoms with van der Waals surface area (Å²) in [6, 6.07) is 11.3. The fourth-order valence-corrected chi connectivity index (χ4v) is 3.53. The lowest BCUT2D eigenvalue weighted by Gasteiger charge is -2.36. The van der Waals surface area contributed by atoms with Crippen molar-refractivity contribution in [3.8, 4) is 0 Å². The Kier molecular flexibility index (Phi) is 2.83. The third-order valence-electron chi connectivity index (χ3n) is 4.35. The highest BCUT2D eigenvalue weighted by molar-refractivity contribution is 5.83. The number of ketones is 1. The van der Waals surface area contributed by atoms with Crippen LogP contribution in [0.15, 0.2) is 42.5 Å². The zero-order valence-electron chi connectivity index (χ0n) is 10.9. The fraction of sp³-hybridized carbons (Fsp3) is 0.438. The van der Waals surface area contributed by atoms with Crippen LogP contribution < -0.4 is 0 Å². The lowest BCUT2D eigenvalue weighted by molar-refractivity contribution is -0.123. The van der Waals surface area contributed by atoms with E-state index in [-0.39, 0.29) is 6.04 Å². The summed E-state index contributed by atoms with van der Waals surface area (Å²) in [7, 11) is 0. The van der Waals surface area contributed by atoms with Crippen LogP contribution in [-0.4, -0.2) is 22.8 Å². The van der Waals surface area contributed by atoms with Crippen molar-refractivity contribution in [3.63, 3.8) is 0 Å². The molecule has 2 nitrogen and oxygen atoms in total. The van der Waals surface area contributed by atoms with Crippen LogP contribution in [0.5, 0.6) is 0 Å². The molecular weight excluding hydrogens is 222 g/mol. The normalized spacial score (nSPS) is 31.8. The minimum absolute atomic E-state index is 0.0789. The van der Waals surface area contributed by atoms with Gasteiger partial charge in [0, 0.05) is 18.0 Å². The number of hydrogen-bond donors (Lipinski definition) is 0. The van der Waals surface area contributed by atoms with E-state index in [0.717, 1.165) is 6.42 Å². The number of benzene rings is 1. The molecule has 18 heavy (non-hydrogen) atoms. The Morgan fingerprint density at radius 3 is 2.67 bits per heavy atom. The van der Waals surface area contributed by atoms with Crippen molar-refractivity contribution in [2.24, 2.45) is 5.92 Å². The van der Waals surface area contributed by atoms with E-state index in [1.54, 1.807) is 6.92 Å². The highest BCUT2D eigenvalue weighted by Gasteiger charge is 2.46. The molecule has 94 valence electrons. The van der Waals surface area contributed by atoms with E-state index in [9.17, 15) is 4.79 Å². The summed E-state index contributed by atoms with van der Waals surface area (Å²) in [5.74, 6) is 0.730. The zero-order chi connectivity index (χ0) is 12.7. The molecule has 2 bridgehead atoms. The number of carbonyl (C=O) groups is 1. The monoisotopic (exact) mass is 241 g/mol. The van der Waals surface area contributed by atoms with Gasteiger partial charge in [-0.15, -0.1) is 0 Å². The Morgan fingerprint density at radius 2 is 2.00 bits per heavy atom. The third kappa shape index (κ3) is 1.72. The molecule has 0 radical (unpaired) electrons. The largest absolute Gasteiger partial charge is 0.298 e. The van der Waals surface area contributed by atoms with Gasteiger partial charge in [-0.05, 0) is 25.8 Å². The molecule has 2 heteroatoms. The predicted octanol–water partition coefficient (Wildman–Crippen LogP) is 2.97. The van der Waals surface area contributed by atoms with Crippen LogP contribution >= 0.6 is 0 Å². The Morgan fingerprint density at radius 1 is 1.28 bits per heavy atom. The summed E-state index contributed by atoms with van der Waals surface area (Å²) in [4.78, 5) is 14.3. The molecule has 0 saturated carbocycles. The van der Waals surface area contributed by atoms with Crippen molar-refractivity contribution in [2.75, 3.05) is 0 Å². The molecule has 1 aromatic rings. The highest BCUT2D eigenvalue weighted by Crippen LogP contribution is 2.42. The van der Waals surface area contributed by atoms with Crippen LogP contribution in [0.3, 0.4) is 0 Å². The molecule has 4 atom stereocenters. The van der Waals surface area contributed by atoms with Crippen molar-refractivity contribution >= 4 is 5.78 Å². The Labute approximate surface area is 108 Å². The van der Waals surface area contributed by atoms with Crippen LogP contribution in [0.4, 0.5) is 0 Å². The number of likely N-dealkylation sites (tertiary alicyclic amines) is 1. The molecule has 1 aliphatic heterocycles.